The van der Waals surface area contributed by atoms with E-state index >= 15 is 0 Å². The molecule has 0 aliphatic heterocycles. The fourth-order valence-corrected chi connectivity index (χ4v) is 5.48. The van der Waals surface area contributed by atoms with Gasteiger partial charge < -0.3 is 10.1 Å². The van der Waals surface area contributed by atoms with E-state index in [1.54, 1.807) is 6.07 Å². The van der Waals surface area contributed by atoms with Crippen LogP contribution in [0.1, 0.15) is 43.2 Å². The van der Waals surface area contributed by atoms with Crippen molar-refractivity contribution in [1.82, 2.24) is 19.5 Å². The summed E-state index contributed by atoms with van der Waals surface area (Å²) in [5.74, 6) is 1.17. The van der Waals surface area contributed by atoms with Gasteiger partial charge in [0.25, 0.3) is 0 Å². The number of hydrogen-bond acceptors (Lipinski definition) is 3. The van der Waals surface area contributed by atoms with E-state index in [4.69, 9.17) is 4.98 Å². The second-order valence-corrected chi connectivity index (χ2v) is 11.7. The number of rotatable bonds is 4. The molecule has 0 spiro atoms. The Morgan fingerprint density at radius 1 is 0.800 bits per heavy atom. The Kier molecular flexibility index (Phi) is 6.10. The Labute approximate surface area is 235 Å². The van der Waals surface area contributed by atoms with Gasteiger partial charge in [-0.15, -0.1) is 0 Å². The second-order valence-electron chi connectivity index (χ2n) is 11.7. The number of aryl methyl sites for hydroxylation is 3. The molecule has 5 nitrogen and oxygen atoms in total. The number of pyridine rings is 1. The van der Waals surface area contributed by atoms with E-state index in [9.17, 15) is 5.11 Å². The maximum absolute atomic E-state index is 11.0. The van der Waals surface area contributed by atoms with Crippen molar-refractivity contribution in [2.45, 2.75) is 47.0 Å². The van der Waals surface area contributed by atoms with Crippen LogP contribution < -0.4 is 0 Å². The number of para-hydroxylation sites is 1. The van der Waals surface area contributed by atoms with Crippen molar-refractivity contribution in [3.63, 3.8) is 0 Å². The van der Waals surface area contributed by atoms with Gasteiger partial charge in [0, 0.05) is 22.7 Å². The third-order valence-electron chi connectivity index (χ3n) is 7.64. The van der Waals surface area contributed by atoms with Crippen molar-refractivity contribution in [3.8, 4) is 45.2 Å². The van der Waals surface area contributed by atoms with Gasteiger partial charge in [-0.3, -0.25) is 4.57 Å². The van der Waals surface area contributed by atoms with Gasteiger partial charge in [-0.1, -0.05) is 63.2 Å². The van der Waals surface area contributed by atoms with Crippen LogP contribution >= 0.6 is 0 Å². The Balaban J connectivity index is 1.61. The first kappa shape index (κ1) is 25.6. The molecule has 2 N–H and O–H groups in total. The quantitative estimate of drug-likeness (QED) is 0.241. The number of phenols is 1. The zero-order chi connectivity index (χ0) is 28.2. The van der Waals surface area contributed by atoms with Crippen molar-refractivity contribution < 1.29 is 5.11 Å². The van der Waals surface area contributed by atoms with Gasteiger partial charge in [-0.05, 0) is 84.3 Å². The molecule has 5 heteroatoms. The number of nitrogens with one attached hydrogen (secondary N) is 1. The second kappa shape index (κ2) is 9.53. The highest BCUT2D eigenvalue weighted by Crippen LogP contribution is 2.39. The lowest BCUT2D eigenvalue weighted by Gasteiger charge is -2.21. The summed E-state index contributed by atoms with van der Waals surface area (Å²) in [5, 5.41) is 12.1. The molecule has 6 rings (SSSR count). The lowest BCUT2D eigenvalue weighted by molar-refractivity contribution is 0.476. The van der Waals surface area contributed by atoms with Crippen LogP contribution in [0.25, 0.3) is 50.4 Å². The molecule has 0 saturated heterocycles. The van der Waals surface area contributed by atoms with E-state index in [1.807, 2.05) is 30.1 Å². The molecule has 200 valence electrons. The van der Waals surface area contributed by atoms with Gasteiger partial charge in [-0.25, -0.2) is 9.97 Å². The van der Waals surface area contributed by atoms with E-state index in [1.165, 1.54) is 16.7 Å². The van der Waals surface area contributed by atoms with Crippen LogP contribution in [0.2, 0.25) is 0 Å². The van der Waals surface area contributed by atoms with Crippen LogP contribution in [0.15, 0.2) is 85.3 Å². The SMILES string of the molecule is Cc1cn(-c2cc3cccc(-c4cc(-c5c(C)cccc5C)cc(-c5cc(C(C)(C)C)ccc5O)n4)c3[nH]2)cn1. The van der Waals surface area contributed by atoms with E-state index in [0.29, 0.717) is 0 Å². The number of H-pyrrole nitrogens is 1. The maximum Gasteiger partial charge on any atom is 0.124 e. The number of aromatic amines is 1. The molecule has 0 bridgehead atoms. The summed E-state index contributed by atoms with van der Waals surface area (Å²) < 4.78 is 2.00. The normalized spacial score (nSPS) is 11.8. The van der Waals surface area contributed by atoms with Crippen molar-refractivity contribution in [3.05, 3.63) is 108 Å². The van der Waals surface area contributed by atoms with Crippen LogP contribution in [0, 0.1) is 20.8 Å². The zero-order valence-electron chi connectivity index (χ0n) is 23.9. The zero-order valence-corrected chi connectivity index (χ0v) is 23.9. The first-order chi connectivity index (χ1) is 19.1. The van der Waals surface area contributed by atoms with Crippen LogP contribution in [0.5, 0.6) is 5.75 Å². The van der Waals surface area contributed by atoms with Gasteiger partial charge in [0.15, 0.2) is 0 Å². The van der Waals surface area contributed by atoms with Crippen LogP contribution in [-0.2, 0) is 5.41 Å². The number of aromatic nitrogens is 4. The summed E-state index contributed by atoms with van der Waals surface area (Å²) in [6.07, 6.45) is 3.83. The predicted molar refractivity (Wildman–Crippen MR) is 164 cm³/mol. The summed E-state index contributed by atoms with van der Waals surface area (Å²) in [6, 6.07) is 24.9. The average molecular weight is 527 g/mol. The average Bonchev–Trinajstić information content (AvgIpc) is 3.54. The molecule has 0 unspecified atom stereocenters. The standard InChI is InChI=1S/C35H34N4O/c1-21-9-7-10-22(2)33(21)25-15-29(37-30(16-25)28-18-26(35(4,5)6)13-14-31(28)40)27-12-8-11-24-17-32(38-34(24)27)39-19-23(3)36-20-39/h7-20,38,40H,1-6H3. The Hall–Kier alpha value is -4.64. The van der Waals surface area contributed by atoms with Gasteiger partial charge in [0.05, 0.1) is 22.6 Å². The monoisotopic (exact) mass is 526 g/mol. The summed E-state index contributed by atoms with van der Waals surface area (Å²) >= 11 is 0. The number of imidazole rings is 1. The third kappa shape index (κ3) is 4.58. The number of benzene rings is 3. The fourth-order valence-electron chi connectivity index (χ4n) is 5.48. The molecule has 3 aromatic heterocycles. The molecule has 40 heavy (non-hydrogen) atoms. The minimum Gasteiger partial charge on any atom is -0.507 e. The molecule has 0 saturated carbocycles. The molecule has 0 fully saturated rings. The molecule has 0 aliphatic carbocycles. The smallest absolute Gasteiger partial charge is 0.124 e. The number of fused-ring (bicyclic) bond motifs is 1. The fraction of sp³-hybridized carbons (Fsp3) is 0.200. The predicted octanol–water partition coefficient (Wildman–Crippen LogP) is 8.68. The largest absolute Gasteiger partial charge is 0.507 e. The molecule has 0 amide bonds. The van der Waals surface area contributed by atoms with Crippen LogP contribution in [0.4, 0.5) is 0 Å². The van der Waals surface area contributed by atoms with Gasteiger partial charge in [-0.2, -0.15) is 0 Å². The van der Waals surface area contributed by atoms with Crippen LogP contribution in [-0.4, -0.2) is 24.6 Å². The van der Waals surface area contributed by atoms with Gasteiger partial charge in [0.1, 0.15) is 17.9 Å². The lowest BCUT2D eigenvalue weighted by atomic mass is 9.85. The first-order valence-electron chi connectivity index (χ1n) is 13.6. The molecule has 0 radical (unpaired) electrons. The summed E-state index contributed by atoms with van der Waals surface area (Å²) in [5.41, 5.74) is 11.0. The Bertz CT molecular complexity index is 1860. The number of hydrogen-bond donors (Lipinski definition) is 2. The molecule has 0 aliphatic rings. The topological polar surface area (TPSA) is 66.7 Å². The molecule has 6 aromatic rings. The summed E-state index contributed by atoms with van der Waals surface area (Å²) in [7, 11) is 0. The van der Waals surface area contributed by atoms with Gasteiger partial charge >= 0.3 is 0 Å². The first-order valence-corrected chi connectivity index (χ1v) is 13.6. The Morgan fingerprint density at radius 2 is 1.50 bits per heavy atom. The molecular formula is C35H34N4O. The highest BCUT2D eigenvalue weighted by atomic mass is 16.3. The molecular weight excluding hydrogens is 492 g/mol. The van der Waals surface area contributed by atoms with Crippen LogP contribution in [0.3, 0.4) is 0 Å². The lowest BCUT2D eigenvalue weighted by Crippen LogP contribution is -2.10. The summed E-state index contributed by atoms with van der Waals surface area (Å²) in [6.45, 7) is 12.8. The van der Waals surface area contributed by atoms with Crippen molar-refractivity contribution in [2.75, 3.05) is 0 Å². The highest BCUT2D eigenvalue weighted by molar-refractivity contribution is 5.96. The van der Waals surface area contributed by atoms with E-state index in [-0.39, 0.29) is 11.2 Å². The van der Waals surface area contributed by atoms with Crippen molar-refractivity contribution >= 4 is 10.9 Å². The maximum atomic E-state index is 11.0. The van der Waals surface area contributed by atoms with E-state index < -0.39 is 0 Å². The highest BCUT2D eigenvalue weighted by Gasteiger charge is 2.19. The molecule has 0 atom stereocenters. The van der Waals surface area contributed by atoms with E-state index in [2.05, 4.69) is 105 Å². The number of phenolic OH excluding ortho intramolecular Hbond substituents is 1. The summed E-state index contributed by atoms with van der Waals surface area (Å²) in [4.78, 5) is 13.2. The molecule has 3 heterocycles. The minimum absolute atomic E-state index is 0.0621. The van der Waals surface area contributed by atoms with Crippen molar-refractivity contribution in [2.24, 2.45) is 0 Å². The third-order valence-corrected chi connectivity index (χ3v) is 7.64. The van der Waals surface area contributed by atoms with E-state index in [0.717, 1.165) is 56.1 Å². The Morgan fingerprint density at radius 3 is 2.17 bits per heavy atom. The van der Waals surface area contributed by atoms with Gasteiger partial charge in [0.2, 0.25) is 0 Å². The van der Waals surface area contributed by atoms with Crippen molar-refractivity contribution in [1.29, 1.82) is 0 Å². The minimum atomic E-state index is -0.0621. The molecule has 3 aromatic carbocycles. The number of nitrogens with zero attached hydrogens (tertiary/aromatic N) is 3. The number of aromatic hydroxyl groups is 1.